The molecule has 0 aromatic carbocycles. The van der Waals surface area contributed by atoms with Crippen LogP contribution in [0.15, 0.2) is 46.7 Å². The van der Waals surface area contributed by atoms with Crippen molar-refractivity contribution in [3.63, 3.8) is 0 Å². The molecular weight excluding hydrogens is 236 g/mol. The maximum Gasteiger partial charge on any atom is 0.250 e. The fraction of sp³-hybridized carbons (Fsp3) is 0. The second-order valence-corrected chi connectivity index (χ2v) is 4.26. The highest BCUT2D eigenvalue weighted by Crippen LogP contribution is 2.28. The average Bonchev–Trinajstić information content (AvgIpc) is 2.33. The van der Waals surface area contributed by atoms with Crippen LogP contribution >= 0.6 is 11.8 Å². The van der Waals surface area contributed by atoms with E-state index in [0.29, 0.717) is 21.3 Å². The summed E-state index contributed by atoms with van der Waals surface area (Å²) in [6.45, 7) is 0. The molecule has 0 aliphatic carbocycles. The summed E-state index contributed by atoms with van der Waals surface area (Å²) >= 11 is 1.34. The van der Waals surface area contributed by atoms with Crippen LogP contribution in [0.25, 0.3) is 0 Å². The standard InChI is InChI=1S/C11H10N4OS/c12-8-2-1-5-14-11(8)17-9-4-3-7(6-15-9)10(13)16/h1-6H,12H2,(H2,13,16). The van der Waals surface area contributed by atoms with E-state index in [4.69, 9.17) is 11.5 Å². The molecule has 0 saturated carbocycles. The quantitative estimate of drug-likeness (QED) is 0.851. The molecule has 0 fully saturated rings. The number of nitrogens with zero attached hydrogens (tertiary/aromatic N) is 2. The van der Waals surface area contributed by atoms with Crippen LogP contribution in [0.3, 0.4) is 0 Å². The van der Waals surface area contributed by atoms with Gasteiger partial charge in [-0.2, -0.15) is 0 Å². The van der Waals surface area contributed by atoms with Crippen molar-refractivity contribution in [3.8, 4) is 0 Å². The maximum atomic E-state index is 10.9. The molecule has 0 bridgehead atoms. The van der Waals surface area contributed by atoms with Crippen molar-refractivity contribution in [1.29, 1.82) is 0 Å². The highest BCUT2D eigenvalue weighted by atomic mass is 32.2. The predicted octanol–water partition coefficient (Wildman–Crippen LogP) is 1.31. The van der Waals surface area contributed by atoms with Crippen LogP contribution < -0.4 is 11.5 Å². The molecule has 0 aliphatic heterocycles. The van der Waals surface area contributed by atoms with E-state index in [9.17, 15) is 4.79 Å². The lowest BCUT2D eigenvalue weighted by molar-refractivity contribution is 0.1000. The minimum Gasteiger partial charge on any atom is -0.397 e. The fourth-order valence-corrected chi connectivity index (χ4v) is 1.91. The van der Waals surface area contributed by atoms with E-state index in [0.717, 1.165) is 0 Å². The molecular formula is C11H10N4OS. The second kappa shape index (κ2) is 4.84. The lowest BCUT2D eigenvalue weighted by atomic mass is 10.3. The Labute approximate surface area is 102 Å². The molecule has 0 unspecified atom stereocenters. The number of rotatable bonds is 3. The number of hydrogen-bond acceptors (Lipinski definition) is 5. The minimum atomic E-state index is -0.494. The lowest BCUT2D eigenvalue weighted by Gasteiger charge is -2.03. The van der Waals surface area contributed by atoms with Crippen LogP contribution in [0.1, 0.15) is 10.4 Å². The van der Waals surface area contributed by atoms with E-state index in [1.807, 2.05) is 0 Å². The summed E-state index contributed by atoms with van der Waals surface area (Å²) in [6, 6.07) is 6.87. The van der Waals surface area contributed by atoms with Crippen LogP contribution in [0.2, 0.25) is 0 Å². The Kier molecular flexibility index (Phi) is 3.24. The first-order valence-electron chi connectivity index (χ1n) is 4.81. The Balaban J connectivity index is 2.20. The second-order valence-electron chi connectivity index (χ2n) is 3.25. The number of amides is 1. The van der Waals surface area contributed by atoms with Crippen LogP contribution in [-0.2, 0) is 0 Å². The molecule has 0 radical (unpaired) electrons. The maximum absolute atomic E-state index is 10.9. The van der Waals surface area contributed by atoms with Gasteiger partial charge in [-0.1, -0.05) is 0 Å². The summed E-state index contributed by atoms with van der Waals surface area (Å²) in [4.78, 5) is 19.1. The van der Waals surface area contributed by atoms with E-state index in [1.165, 1.54) is 18.0 Å². The summed E-state index contributed by atoms with van der Waals surface area (Å²) in [5.41, 5.74) is 11.9. The van der Waals surface area contributed by atoms with E-state index < -0.39 is 5.91 Å². The van der Waals surface area contributed by atoms with E-state index in [1.54, 1.807) is 30.5 Å². The lowest BCUT2D eigenvalue weighted by Crippen LogP contribution is -2.10. The van der Waals surface area contributed by atoms with Crippen molar-refractivity contribution >= 4 is 23.4 Å². The highest BCUT2D eigenvalue weighted by Gasteiger charge is 2.05. The summed E-state index contributed by atoms with van der Waals surface area (Å²) < 4.78 is 0. The molecule has 17 heavy (non-hydrogen) atoms. The molecule has 2 rings (SSSR count). The molecule has 2 aromatic rings. The van der Waals surface area contributed by atoms with Crippen molar-refractivity contribution in [3.05, 3.63) is 42.2 Å². The zero-order chi connectivity index (χ0) is 12.3. The van der Waals surface area contributed by atoms with Crippen LogP contribution in [0, 0.1) is 0 Å². The minimum absolute atomic E-state index is 0.378. The van der Waals surface area contributed by atoms with Crippen molar-refractivity contribution in [2.24, 2.45) is 5.73 Å². The third-order valence-corrected chi connectivity index (χ3v) is 3.01. The third-order valence-electron chi connectivity index (χ3n) is 2.02. The Morgan fingerprint density at radius 3 is 2.65 bits per heavy atom. The molecule has 2 aromatic heterocycles. The van der Waals surface area contributed by atoms with Crippen molar-refractivity contribution in [2.75, 3.05) is 5.73 Å². The molecule has 2 heterocycles. The number of anilines is 1. The van der Waals surface area contributed by atoms with Gasteiger partial charge in [-0.05, 0) is 36.0 Å². The molecule has 0 saturated heterocycles. The Hall–Kier alpha value is -2.08. The molecule has 0 aliphatic rings. The summed E-state index contributed by atoms with van der Waals surface area (Å²) in [5.74, 6) is -0.494. The first kappa shape index (κ1) is 11.4. The summed E-state index contributed by atoms with van der Waals surface area (Å²) in [7, 11) is 0. The number of carbonyl (C=O) groups is 1. The number of carbonyl (C=O) groups excluding carboxylic acids is 1. The predicted molar refractivity (Wildman–Crippen MR) is 65.5 cm³/mol. The normalized spacial score (nSPS) is 10.1. The molecule has 4 N–H and O–H groups in total. The van der Waals surface area contributed by atoms with Crippen molar-refractivity contribution in [1.82, 2.24) is 9.97 Å². The van der Waals surface area contributed by atoms with Gasteiger partial charge in [0, 0.05) is 12.4 Å². The number of nitrogen functional groups attached to an aromatic ring is 1. The van der Waals surface area contributed by atoms with Gasteiger partial charge in [-0.3, -0.25) is 4.79 Å². The van der Waals surface area contributed by atoms with Crippen LogP contribution in [0.5, 0.6) is 0 Å². The number of pyridine rings is 2. The van der Waals surface area contributed by atoms with E-state index in [2.05, 4.69) is 9.97 Å². The van der Waals surface area contributed by atoms with Crippen LogP contribution in [-0.4, -0.2) is 15.9 Å². The Bertz CT molecular complexity index is 541. The molecule has 6 heteroatoms. The largest absolute Gasteiger partial charge is 0.397 e. The van der Waals surface area contributed by atoms with Gasteiger partial charge < -0.3 is 11.5 Å². The topological polar surface area (TPSA) is 94.9 Å². The van der Waals surface area contributed by atoms with Gasteiger partial charge in [0.15, 0.2) is 0 Å². The van der Waals surface area contributed by atoms with Gasteiger partial charge in [0.05, 0.1) is 11.3 Å². The van der Waals surface area contributed by atoms with E-state index in [-0.39, 0.29) is 0 Å². The van der Waals surface area contributed by atoms with Gasteiger partial charge in [-0.15, -0.1) is 0 Å². The highest BCUT2D eigenvalue weighted by molar-refractivity contribution is 7.99. The summed E-state index contributed by atoms with van der Waals surface area (Å²) in [5, 5.41) is 1.40. The SMILES string of the molecule is NC(=O)c1ccc(Sc2ncccc2N)nc1. The number of nitrogens with two attached hydrogens (primary N) is 2. The average molecular weight is 246 g/mol. The monoisotopic (exact) mass is 246 g/mol. The molecule has 1 amide bonds. The van der Waals surface area contributed by atoms with Gasteiger partial charge >= 0.3 is 0 Å². The molecule has 86 valence electrons. The van der Waals surface area contributed by atoms with Gasteiger partial charge in [0.25, 0.3) is 0 Å². The Morgan fingerprint density at radius 2 is 2.06 bits per heavy atom. The third kappa shape index (κ3) is 2.73. The van der Waals surface area contributed by atoms with Gasteiger partial charge in [-0.25, -0.2) is 9.97 Å². The van der Waals surface area contributed by atoms with E-state index >= 15 is 0 Å². The van der Waals surface area contributed by atoms with Crippen LogP contribution in [0.4, 0.5) is 5.69 Å². The zero-order valence-corrected chi connectivity index (χ0v) is 9.65. The first-order chi connectivity index (χ1) is 8.16. The fourth-order valence-electron chi connectivity index (χ4n) is 1.17. The first-order valence-corrected chi connectivity index (χ1v) is 5.62. The number of hydrogen-bond donors (Lipinski definition) is 2. The van der Waals surface area contributed by atoms with Crippen molar-refractivity contribution in [2.45, 2.75) is 10.1 Å². The molecule has 5 nitrogen and oxygen atoms in total. The Morgan fingerprint density at radius 1 is 1.24 bits per heavy atom. The van der Waals surface area contributed by atoms with Crippen molar-refractivity contribution < 1.29 is 4.79 Å². The zero-order valence-electron chi connectivity index (χ0n) is 8.83. The number of aromatic nitrogens is 2. The van der Waals surface area contributed by atoms with Gasteiger partial charge in [0.1, 0.15) is 10.1 Å². The summed E-state index contributed by atoms with van der Waals surface area (Å²) in [6.07, 6.45) is 3.10. The van der Waals surface area contributed by atoms with Gasteiger partial charge in [0.2, 0.25) is 5.91 Å². The molecule has 0 atom stereocenters. The smallest absolute Gasteiger partial charge is 0.250 e. The number of primary amides is 1. The molecule has 0 spiro atoms.